The Bertz CT molecular complexity index is 1060. The van der Waals surface area contributed by atoms with Gasteiger partial charge in [-0.3, -0.25) is 5.10 Å². The fourth-order valence-electron chi connectivity index (χ4n) is 1.71. The number of hydrogen-bond donors (Lipinski definition) is 3. The van der Waals surface area contributed by atoms with Gasteiger partial charge in [0.15, 0.2) is 11.6 Å². The summed E-state index contributed by atoms with van der Waals surface area (Å²) in [4.78, 5) is 6.25. The van der Waals surface area contributed by atoms with Gasteiger partial charge in [-0.15, -0.1) is 0 Å². The predicted octanol–water partition coefficient (Wildman–Crippen LogP) is 3.08. The van der Waals surface area contributed by atoms with Gasteiger partial charge in [0.2, 0.25) is 11.9 Å². The van der Waals surface area contributed by atoms with Crippen molar-refractivity contribution in [1.82, 2.24) is 29.9 Å². The smallest absolute Gasteiger partial charge is 0.215 e. The Balaban J connectivity index is 0.000000171. The van der Waals surface area contributed by atoms with Gasteiger partial charge in [0, 0.05) is 24.4 Å². The van der Waals surface area contributed by atoms with Crippen LogP contribution in [0.5, 0.6) is 0 Å². The van der Waals surface area contributed by atoms with Gasteiger partial charge in [0.1, 0.15) is 17.3 Å². The molecule has 0 aliphatic heterocycles. The maximum absolute atomic E-state index is 13.1. The Hall–Kier alpha value is -3.23. The number of aromatic amines is 1. The molecule has 0 unspecified atom stereocenters. The average Bonchev–Trinajstić information content (AvgIpc) is 3.33. The van der Waals surface area contributed by atoms with E-state index < -0.39 is 23.5 Å². The molecule has 4 rings (SSSR count). The van der Waals surface area contributed by atoms with E-state index in [-0.39, 0.29) is 15.1 Å². The van der Waals surface area contributed by atoms with E-state index in [1.807, 2.05) is 0 Å². The van der Waals surface area contributed by atoms with Crippen LogP contribution in [-0.2, 0) is 0 Å². The first-order valence-corrected chi connectivity index (χ1v) is 8.68. The van der Waals surface area contributed by atoms with E-state index in [1.165, 1.54) is 12.3 Å². The van der Waals surface area contributed by atoms with Gasteiger partial charge in [-0.05, 0) is 28.7 Å². The molecule has 0 saturated carbocycles. The number of anilines is 2. The highest BCUT2D eigenvalue weighted by molar-refractivity contribution is 14.1. The lowest BCUT2D eigenvalue weighted by Crippen LogP contribution is -2.01. The highest BCUT2D eigenvalue weighted by Crippen LogP contribution is 2.13. The van der Waals surface area contributed by atoms with Crippen LogP contribution in [0.4, 0.5) is 29.2 Å². The van der Waals surface area contributed by atoms with Gasteiger partial charge in [-0.1, -0.05) is 0 Å². The summed E-state index contributed by atoms with van der Waals surface area (Å²) in [6.45, 7) is 0. The van der Waals surface area contributed by atoms with Crippen molar-refractivity contribution in [3.05, 3.63) is 76.2 Å². The SMILES string of the molecule is Fc1cc(I)c(F)cn1.Nc1ccn(-c2cc(F)ncc2F)n1.Nc1ccn[nH]1. The molecule has 4 aromatic rings. The molecule has 4 heterocycles. The highest BCUT2D eigenvalue weighted by Gasteiger charge is 2.07. The standard InChI is InChI=1S/C8H6F2N4.C5H2F2IN.C3H5N3/c9-5-4-12-7(10)3-6(5)14-2-1-8(11)13-14;6-3-2-9-5(7)1-4(3)8;4-3-1-2-5-6-3/h1-4H,(H2,11,13);1-2H;1-2H,(H3,4,5,6). The lowest BCUT2D eigenvalue weighted by molar-refractivity contribution is 0.551. The molecule has 8 nitrogen and oxygen atoms in total. The van der Waals surface area contributed by atoms with Crippen molar-refractivity contribution in [3.63, 3.8) is 0 Å². The zero-order chi connectivity index (χ0) is 21.4. The van der Waals surface area contributed by atoms with Crippen molar-refractivity contribution >= 4 is 34.2 Å². The van der Waals surface area contributed by atoms with Crippen LogP contribution < -0.4 is 11.5 Å². The van der Waals surface area contributed by atoms with Crippen LogP contribution >= 0.6 is 22.6 Å². The topological polar surface area (TPSA) is 124 Å². The molecule has 0 amide bonds. The Morgan fingerprint density at radius 1 is 0.931 bits per heavy atom. The van der Waals surface area contributed by atoms with E-state index in [0.29, 0.717) is 5.82 Å². The van der Waals surface area contributed by atoms with Gasteiger partial charge in [0.05, 0.1) is 22.2 Å². The van der Waals surface area contributed by atoms with Crippen LogP contribution in [0.25, 0.3) is 5.69 Å². The van der Waals surface area contributed by atoms with Crippen LogP contribution in [0.2, 0.25) is 0 Å². The number of rotatable bonds is 1. The van der Waals surface area contributed by atoms with E-state index in [0.717, 1.165) is 29.2 Å². The Morgan fingerprint density at radius 2 is 1.59 bits per heavy atom. The van der Waals surface area contributed by atoms with Crippen molar-refractivity contribution < 1.29 is 17.6 Å². The highest BCUT2D eigenvalue weighted by atomic mass is 127. The summed E-state index contributed by atoms with van der Waals surface area (Å²) < 4.78 is 51.5. The van der Waals surface area contributed by atoms with Gasteiger partial charge in [0.25, 0.3) is 0 Å². The molecule has 152 valence electrons. The monoisotopic (exact) mass is 520 g/mol. The number of nitrogens with zero attached hydrogens (tertiary/aromatic N) is 5. The fourth-order valence-corrected chi connectivity index (χ4v) is 2.10. The summed E-state index contributed by atoms with van der Waals surface area (Å²) in [6.07, 6.45) is 4.70. The minimum absolute atomic E-state index is 0.0193. The molecule has 0 bridgehead atoms. The summed E-state index contributed by atoms with van der Waals surface area (Å²) in [7, 11) is 0. The zero-order valence-corrected chi connectivity index (χ0v) is 16.6. The summed E-state index contributed by atoms with van der Waals surface area (Å²) in [5, 5.41) is 9.84. The molecule has 0 spiro atoms. The molecule has 0 aliphatic rings. The molecule has 0 aromatic carbocycles. The second-order valence-corrected chi connectivity index (χ2v) is 6.24. The number of pyridine rings is 2. The first kappa shape index (κ1) is 22.1. The molecule has 13 heteroatoms. The van der Waals surface area contributed by atoms with Crippen LogP contribution in [0.3, 0.4) is 0 Å². The molecule has 0 aliphatic carbocycles. The third-order valence-electron chi connectivity index (χ3n) is 2.96. The Kier molecular flexibility index (Phi) is 7.88. The van der Waals surface area contributed by atoms with Crippen LogP contribution in [0, 0.1) is 27.1 Å². The third-order valence-corrected chi connectivity index (χ3v) is 3.78. The molecule has 29 heavy (non-hydrogen) atoms. The van der Waals surface area contributed by atoms with Gasteiger partial charge in [-0.2, -0.15) is 19.0 Å². The maximum Gasteiger partial charge on any atom is 0.215 e. The number of nitrogens with one attached hydrogen (secondary N) is 1. The number of nitrogen functional groups attached to an aromatic ring is 2. The maximum atomic E-state index is 13.1. The van der Waals surface area contributed by atoms with Crippen LogP contribution in [-0.4, -0.2) is 29.9 Å². The summed E-state index contributed by atoms with van der Waals surface area (Å²) in [5.74, 6) is -1.72. The number of nitrogens with two attached hydrogens (primary N) is 2. The summed E-state index contributed by atoms with van der Waals surface area (Å²) >= 11 is 1.69. The van der Waals surface area contributed by atoms with Gasteiger partial charge in [-0.25, -0.2) is 23.4 Å². The first-order valence-electron chi connectivity index (χ1n) is 7.60. The molecular formula is C16H13F4IN8. The van der Waals surface area contributed by atoms with E-state index in [4.69, 9.17) is 11.5 Å². The van der Waals surface area contributed by atoms with E-state index in [1.54, 1.807) is 34.9 Å². The second-order valence-electron chi connectivity index (χ2n) is 5.08. The number of aromatic nitrogens is 6. The number of halogens is 5. The van der Waals surface area contributed by atoms with Gasteiger partial charge >= 0.3 is 0 Å². The van der Waals surface area contributed by atoms with Crippen LogP contribution in [0.1, 0.15) is 0 Å². The molecule has 0 atom stereocenters. The van der Waals surface area contributed by atoms with E-state index in [2.05, 4.69) is 25.3 Å². The molecule has 5 N–H and O–H groups in total. The fraction of sp³-hybridized carbons (Fsp3) is 0. The minimum Gasteiger partial charge on any atom is -0.384 e. The van der Waals surface area contributed by atoms with Crippen molar-refractivity contribution in [2.45, 2.75) is 0 Å². The largest absolute Gasteiger partial charge is 0.384 e. The first-order chi connectivity index (χ1) is 13.8. The Morgan fingerprint density at radius 3 is 2.03 bits per heavy atom. The van der Waals surface area contributed by atoms with Crippen molar-refractivity contribution in [1.29, 1.82) is 0 Å². The van der Waals surface area contributed by atoms with E-state index >= 15 is 0 Å². The quantitative estimate of drug-likeness (QED) is 0.201. The molecule has 0 fully saturated rings. The molecule has 0 saturated heterocycles. The van der Waals surface area contributed by atoms with Crippen molar-refractivity contribution in [2.75, 3.05) is 11.5 Å². The van der Waals surface area contributed by atoms with Crippen molar-refractivity contribution in [3.8, 4) is 5.69 Å². The number of hydrogen-bond acceptors (Lipinski definition) is 6. The zero-order valence-electron chi connectivity index (χ0n) is 14.4. The lowest BCUT2D eigenvalue weighted by Gasteiger charge is -2.01. The lowest BCUT2D eigenvalue weighted by atomic mass is 10.4. The van der Waals surface area contributed by atoms with Crippen LogP contribution in [0.15, 0.2) is 49.1 Å². The summed E-state index contributed by atoms with van der Waals surface area (Å²) in [5.41, 5.74) is 10.5. The minimum atomic E-state index is -0.768. The number of H-pyrrole nitrogens is 1. The second kappa shape index (κ2) is 10.4. The van der Waals surface area contributed by atoms with Gasteiger partial charge < -0.3 is 11.5 Å². The average molecular weight is 520 g/mol. The third kappa shape index (κ3) is 7.02. The molecule has 0 radical (unpaired) electrons. The molecule has 4 aromatic heterocycles. The normalized spacial score (nSPS) is 9.83. The summed E-state index contributed by atoms with van der Waals surface area (Å²) in [6, 6.07) is 5.16. The predicted molar refractivity (Wildman–Crippen MR) is 106 cm³/mol. The van der Waals surface area contributed by atoms with Crippen molar-refractivity contribution in [2.24, 2.45) is 0 Å². The van der Waals surface area contributed by atoms with E-state index in [9.17, 15) is 17.6 Å². The Labute approximate surface area is 175 Å². The molecular weight excluding hydrogens is 507 g/mol.